The molecule has 0 spiro atoms. The van der Waals surface area contributed by atoms with E-state index in [0.717, 1.165) is 30.3 Å². The van der Waals surface area contributed by atoms with E-state index < -0.39 is 0 Å². The molecule has 1 aliphatic carbocycles. The van der Waals surface area contributed by atoms with E-state index in [-0.39, 0.29) is 12.1 Å². The Morgan fingerprint density at radius 1 is 0.676 bits per heavy atom. The second-order valence-electron chi connectivity index (χ2n) is 11.6. The third-order valence-electron chi connectivity index (χ3n) is 8.70. The highest BCUT2D eigenvalue weighted by Gasteiger charge is 2.24. The second kappa shape index (κ2) is 15.0. The minimum absolute atomic E-state index is 0.108. The molecule has 0 bridgehead atoms. The molecule has 2 nitrogen and oxygen atoms in total. The molecule has 37 heavy (non-hydrogen) atoms. The molecule has 1 aliphatic heterocycles. The molecule has 2 aromatic rings. The van der Waals surface area contributed by atoms with Crippen LogP contribution in [0, 0.1) is 17.7 Å². The van der Waals surface area contributed by atoms with Crippen molar-refractivity contribution in [3.8, 4) is 11.1 Å². The molecule has 0 unspecified atom stereocenters. The Labute approximate surface area is 225 Å². The van der Waals surface area contributed by atoms with E-state index in [1.54, 1.807) is 6.07 Å². The minimum Gasteiger partial charge on any atom is -0.348 e. The minimum atomic E-state index is -0.310. The molecule has 2 aliphatic rings. The highest BCUT2D eigenvalue weighted by atomic mass is 19.1. The summed E-state index contributed by atoms with van der Waals surface area (Å²) in [7, 11) is 0. The number of rotatable bonds is 13. The highest BCUT2D eigenvalue weighted by Crippen LogP contribution is 2.39. The first-order valence-corrected chi connectivity index (χ1v) is 15.3. The first kappa shape index (κ1) is 28.3. The van der Waals surface area contributed by atoms with Crippen LogP contribution in [0.15, 0.2) is 42.5 Å². The average Bonchev–Trinajstić information content (AvgIpc) is 2.94. The van der Waals surface area contributed by atoms with Gasteiger partial charge < -0.3 is 9.47 Å². The maximum Gasteiger partial charge on any atom is 0.183 e. The van der Waals surface area contributed by atoms with Crippen molar-refractivity contribution in [3.05, 3.63) is 59.4 Å². The smallest absolute Gasteiger partial charge is 0.183 e. The lowest BCUT2D eigenvalue weighted by atomic mass is 9.77. The Hall–Kier alpha value is -1.71. The SMILES string of the molecule is CCCCCCC[C@H]1CC[C@H](c2ccc(-c3ccc(C4OCC(CCCCC)CO4)cc3)c(F)c2)CC1. The van der Waals surface area contributed by atoms with Crippen LogP contribution in [0.3, 0.4) is 0 Å². The van der Waals surface area contributed by atoms with E-state index in [2.05, 4.69) is 19.9 Å². The standard InChI is InChI=1S/C34H49FO2/c1-3-5-7-8-10-11-26-13-15-28(16-14-26)31-21-22-32(33(35)23-31)29-17-19-30(20-18-29)34-36-24-27(25-37-34)12-9-6-4-2/h17-23,26-28,34H,3-16,24-25H2,1-2H3/t26-,27?,28-,34?. The molecule has 1 saturated carbocycles. The van der Waals surface area contributed by atoms with Gasteiger partial charge in [-0.25, -0.2) is 4.39 Å². The topological polar surface area (TPSA) is 18.5 Å². The molecule has 204 valence electrons. The van der Waals surface area contributed by atoms with Crippen LogP contribution in [0.4, 0.5) is 4.39 Å². The molecule has 2 fully saturated rings. The Balaban J connectivity index is 1.26. The van der Waals surface area contributed by atoms with Crippen LogP contribution in [0.1, 0.15) is 127 Å². The van der Waals surface area contributed by atoms with E-state index >= 15 is 4.39 Å². The number of unbranched alkanes of at least 4 members (excludes halogenated alkanes) is 6. The van der Waals surface area contributed by atoms with Gasteiger partial charge in [-0.15, -0.1) is 0 Å². The predicted octanol–water partition coefficient (Wildman–Crippen LogP) is 10.4. The van der Waals surface area contributed by atoms with Crippen LogP contribution >= 0.6 is 0 Å². The summed E-state index contributed by atoms with van der Waals surface area (Å²) in [6, 6.07) is 14.0. The lowest BCUT2D eigenvalue weighted by Gasteiger charge is -2.30. The van der Waals surface area contributed by atoms with E-state index in [0.29, 0.717) is 17.4 Å². The maximum absolute atomic E-state index is 15.2. The van der Waals surface area contributed by atoms with Gasteiger partial charge in [0, 0.05) is 17.0 Å². The van der Waals surface area contributed by atoms with Crippen LogP contribution in [0.2, 0.25) is 0 Å². The van der Waals surface area contributed by atoms with Gasteiger partial charge in [0.1, 0.15) is 5.82 Å². The van der Waals surface area contributed by atoms with Crippen LogP contribution < -0.4 is 0 Å². The molecule has 0 aromatic heterocycles. The van der Waals surface area contributed by atoms with Crippen molar-refractivity contribution in [1.29, 1.82) is 0 Å². The van der Waals surface area contributed by atoms with Gasteiger partial charge >= 0.3 is 0 Å². The fourth-order valence-electron chi connectivity index (χ4n) is 6.25. The normalized spacial score (nSPS) is 24.3. The third-order valence-corrected chi connectivity index (χ3v) is 8.70. The first-order chi connectivity index (χ1) is 18.2. The third kappa shape index (κ3) is 8.39. The number of benzene rings is 2. The van der Waals surface area contributed by atoms with Crippen molar-refractivity contribution in [2.45, 2.75) is 116 Å². The van der Waals surface area contributed by atoms with Gasteiger partial charge in [-0.2, -0.15) is 0 Å². The van der Waals surface area contributed by atoms with E-state index in [1.165, 1.54) is 95.5 Å². The van der Waals surface area contributed by atoms with Crippen molar-refractivity contribution in [1.82, 2.24) is 0 Å². The highest BCUT2D eigenvalue weighted by molar-refractivity contribution is 5.65. The Morgan fingerprint density at radius 2 is 1.27 bits per heavy atom. The first-order valence-electron chi connectivity index (χ1n) is 15.3. The second-order valence-corrected chi connectivity index (χ2v) is 11.6. The Morgan fingerprint density at radius 3 is 1.95 bits per heavy atom. The summed E-state index contributed by atoms with van der Waals surface area (Å²) < 4.78 is 27.2. The van der Waals surface area contributed by atoms with Gasteiger partial charge in [0.2, 0.25) is 0 Å². The van der Waals surface area contributed by atoms with E-state index in [4.69, 9.17) is 9.47 Å². The number of hydrogen-bond donors (Lipinski definition) is 0. The summed E-state index contributed by atoms with van der Waals surface area (Å²) in [6.07, 6.45) is 17.9. The zero-order valence-corrected chi connectivity index (χ0v) is 23.4. The van der Waals surface area contributed by atoms with Crippen molar-refractivity contribution in [2.75, 3.05) is 13.2 Å². The van der Waals surface area contributed by atoms with Crippen molar-refractivity contribution in [2.24, 2.45) is 11.8 Å². The number of ether oxygens (including phenoxy) is 2. The number of halogens is 1. The molecule has 1 heterocycles. The van der Waals surface area contributed by atoms with Crippen molar-refractivity contribution in [3.63, 3.8) is 0 Å². The molecule has 1 saturated heterocycles. The predicted molar refractivity (Wildman–Crippen MR) is 152 cm³/mol. The molecule has 3 heteroatoms. The molecule has 0 N–H and O–H groups in total. The van der Waals surface area contributed by atoms with E-state index in [9.17, 15) is 0 Å². The fourth-order valence-corrected chi connectivity index (χ4v) is 6.25. The molecule has 2 aromatic carbocycles. The molecular weight excluding hydrogens is 459 g/mol. The molecule has 0 atom stereocenters. The summed E-state index contributed by atoms with van der Waals surface area (Å²) in [5.74, 6) is 1.78. The van der Waals surface area contributed by atoms with Gasteiger partial charge in [0.25, 0.3) is 0 Å². The van der Waals surface area contributed by atoms with Crippen LogP contribution in [0.25, 0.3) is 11.1 Å². The lowest BCUT2D eigenvalue weighted by molar-refractivity contribution is -0.206. The van der Waals surface area contributed by atoms with Gasteiger partial charge in [-0.1, -0.05) is 108 Å². The van der Waals surface area contributed by atoms with Gasteiger partial charge in [-0.3, -0.25) is 0 Å². The van der Waals surface area contributed by atoms with Gasteiger partial charge in [0.15, 0.2) is 6.29 Å². The zero-order valence-electron chi connectivity index (χ0n) is 23.4. The van der Waals surface area contributed by atoms with Gasteiger partial charge in [0.05, 0.1) is 13.2 Å². The summed E-state index contributed by atoms with van der Waals surface area (Å²) in [5.41, 5.74) is 3.78. The Kier molecular flexibility index (Phi) is 11.5. The largest absolute Gasteiger partial charge is 0.348 e. The summed E-state index contributed by atoms with van der Waals surface area (Å²) in [4.78, 5) is 0. The summed E-state index contributed by atoms with van der Waals surface area (Å²) in [5, 5.41) is 0. The van der Waals surface area contributed by atoms with Crippen LogP contribution in [0.5, 0.6) is 0 Å². The maximum atomic E-state index is 15.2. The van der Waals surface area contributed by atoms with Crippen molar-refractivity contribution < 1.29 is 13.9 Å². The molecular formula is C34H49FO2. The van der Waals surface area contributed by atoms with Crippen molar-refractivity contribution >= 4 is 0 Å². The quantitative estimate of drug-likeness (QED) is 0.251. The van der Waals surface area contributed by atoms with Crippen LogP contribution in [-0.4, -0.2) is 13.2 Å². The molecule has 0 radical (unpaired) electrons. The average molecular weight is 509 g/mol. The molecule has 0 amide bonds. The Bertz CT molecular complexity index is 908. The summed E-state index contributed by atoms with van der Waals surface area (Å²) >= 11 is 0. The van der Waals surface area contributed by atoms with Gasteiger partial charge in [-0.05, 0) is 61.1 Å². The lowest BCUT2D eigenvalue weighted by Crippen LogP contribution is -2.27. The van der Waals surface area contributed by atoms with E-state index in [1.807, 2.05) is 30.3 Å². The molecule has 4 rings (SSSR count). The fraction of sp³-hybridized carbons (Fsp3) is 0.647. The zero-order chi connectivity index (χ0) is 25.9. The summed E-state index contributed by atoms with van der Waals surface area (Å²) in [6.45, 7) is 6.02. The monoisotopic (exact) mass is 508 g/mol. The van der Waals surface area contributed by atoms with Crippen LogP contribution in [-0.2, 0) is 9.47 Å². The number of hydrogen-bond acceptors (Lipinski definition) is 2.